The molecule has 0 saturated carbocycles. The van der Waals surface area contributed by atoms with Crippen LogP contribution in [0.3, 0.4) is 0 Å². The number of aliphatic hydroxyl groups is 3. The van der Waals surface area contributed by atoms with Crippen molar-refractivity contribution in [1.82, 2.24) is 0 Å². The Morgan fingerprint density at radius 1 is 0.860 bits per heavy atom. The maximum absolute atomic E-state index is 13.0. The van der Waals surface area contributed by atoms with Crippen LogP contribution in [-0.4, -0.2) is 101 Å². The number of aromatic hydroxyl groups is 2. The number of hydrogen-bond acceptors (Lipinski definition) is 14. The van der Waals surface area contributed by atoms with Gasteiger partial charge in [0.15, 0.2) is 23.9 Å². The van der Waals surface area contributed by atoms with Gasteiger partial charge in [0, 0.05) is 24.3 Å². The Morgan fingerprint density at radius 2 is 1.53 bits per heavy atom. The molecule has 0 aromatic heterocycles. The fourth-order valence-corrected chi connectivity index (χ4v) is 6.84. The van der Waals surface area contributed by atoms with Crippen molar-refractivity contribution in [3.05, 3.63) is 59.4 Å². The molecule has 14 nitrogen and oxygen atoms in total. The average Bonchev–Trinajstić information content (AvgIpc) is 3.20. The van der Waals surface area contributed by atoms with Gasteiger partial charge >= 0.3 is 17.9 Å². The zero-order valence-electron chi connectivity index (χ0n) is 33.7. The minimum absolute atomic E-state index is 0.00227. The molecular formula is C43H64O14. The van der Waals surface area contributed by atoms with Crippen molar-refractivity contribution >= 4 is 17.9 Å². The monoisotopic (exact) mass is 804 g/mol. The van der Waals surface area contributed by atoms with Crippen LogP contribution in [0.4, 0.5) is 0 Å². The zero-order chi connectivity index (χ0) is 41.6. The molecule has 1 aromatic rings. The number of allylic oxidation sites excluding steroid dienone is 3. The van der Waals surface area contributed by atoms with Gasteiger partial charge in [-0.15, -0.1) is 0 Å². The number of unbranched alkanes of at least 4 members (excludes halogenated alkanes) is 11. The first-order chi connectivity index (χ1) is 27.5. The first-order valence-electron chi connectivity index (χ1n) is 20.4. The van der Waals surface area contributed by atoms with E-state index in [2.05, 4.69) is 19.1 Å². The number of esters is 3. The van der Waals surface area contributed by atoms with E-state index in [-0.39, 0.29) is 48.5 Å². The number of phenols is 2. The molecule has 0 aliphatic carbocycles. The summed E-state index contributed by atoms with van der Waals surface area (Å²) in [6.45, 7) is 3.13. The Balaban J connectivity index is 1.46. The first-order valence-corrected chi connectivity index (χ1v) is 20.4. The Kier molecular flexibility index (Phi) is 21.7. The van der Waals surface area contributed by atoms with Gasteiger partial charge in [-0.1, -0.05) is 82.6 Å². The second-order valence-electron chi connectivity index (χ2n) is 14.5. The SMILES string of the molecule is C/C=C1\[C@H](O[C@@H]2O[C@H](CO)[C@@H](OC(=O)CCCCCCC/C=C\CCCCCCCC)[C@H](O)[C@H]2O)OC=C(C(=O)OC)[C@H]1CC(=O)OCCc1ccc(O)c(O)c1. The number of phenolic OH excluding ortho intramolecular Hbond substituents is 2. The fourth-order valence-electron chi connectivity index (χ4n) is 6.84. The highest BCUT2D eigenvalue weighted by atomic mass is 16.8. The van der Waals surface area contributed by atoms with Crippen molar-refractivity contribution in [3.63, 3.8) is 0 Å². The van der Waals surface area contributed by atoms with Gasteiger partial charge in [-0.2, -0.15) is 0 Å². The zero-order valence-corrected chi connectivity index (χ0v) is 33.7. The molecule has 5 N–H and O–H groups in total. The quantitative estimate of drug-likeness (QED) is 0.0255. The molecule has 2 heterocycles. The minimum Gasteiger partial charge on any atom is -0.504 e. The van der Waals surface area contributed by atoms with Gasteiger partial charge in [0.1, 0.15) is 18.3 Å². The lowest BCUT2D eigenvalue weighted by Crippen LogP contribution is -2.61. The predicted octanol–water partition coefficient (Wildman–Crippen LogP) is 5.95. The second-order valence-corrected chi connectivity index (χ2v) is 14.5. The van der Waals surface area contributed by atoms with E-state index < -0.39 is 67.4 Å². The molecule has 1 saturated heterocycles. The molecule has 2 aliphatic rings. The Bertz CT molecular complexity index is 1470. The van der Waals surface area contributed by atoms with Crippen molar-refractivity contribution < 1.29 is 68.3 Å². The number of carbonyl (C=O) groups is 3. The summed E-state index contributed by atoms with van der Waals surface area (Å²) in [5.41, 5.74) is 0.909. The van der Waals surface area contributed by atoms with Crippen LogP contribution < -0.4 is 0 Å². The van der Waals surface area contributed by atoms with Crippen LogP contribution in [0.15, 0.2) is 53.8 Å². The van der Waals surface area contributed by atoms with Crippen LogP contribution in [0.1, 0.15) is 116 Å². The molecular weight excluding hydrogens is 740 g/mol. The van der Waals surface area contributed by atoms with Crippen molar-refractivity contribution in [2.45, 2.75) is 154 Å². The van der Waals surface area contributed by atoms with Crippen molar-refractivity contribution in [2.24, 2.45) is 5.92 Å². The van der Waals surface area contributed by atoms with Gasteiger partial charge in [0.05, 0.1) is 38.6 Å². The highest BCUT2D eigenvalue weighted by Gasteiger charge is 2.49. The lowest BCUT2D eigenvalue weighted by Gasteiger charge is -2.43. The normalized spacial score (nSPS) is 24.2. The summed E-state index contributed by atoms with van der Waals surface area (Å²) in [5.74, 6) is -3.54. The number of hydrogen-bond donors (Lipinski definition) is 5. The molecule has 2 aliphatic heterocycles. The molecule has 0 unspecified atom stereocenters. The van der Waals surface area contributed by atoms with Crippen molar-refractivity contribution in [2.75, 3.05) is 20.3 Å². The van der Waals surface area contributed by atoms with Crippen LogP contribution >= 0.6 is 0 Å². The summed E-state index contributed by atoms with van der Waals surface area (Å²) in [4.78, 5) is 38.4. The Morgan fingerprint density at radius 3 is 2.16 bits per heavy atom. The molecule has 57 heavy (non-hydrogen) atoms. The van der Waals surface area contributed by atoms with E-state index in [4.69, 9.17) is 28.4 Å². The van der Waals surface area contributed by atoms with Crippen LogP contribution in [0, 0.1) is 5.92 Å². The van der Waals surface area contributed by atoms with Crippen molar-refractivity contribution in [1.29, 1.82) is 0 Å². The molecule has 0 amide bonds. The van der Waals surface area contributed by atoms with Crippen LogP contribution in [0.2, 0.25) is 0 Å². The number of aliphatic hydroxyl groups excluding tert-OH is 3. The third-order valence-electron chi connectivity index (χ3n) is 10.2. The topological polar surface area (TPSA) is 208 Å². The van der Waals surface area contributed by atoms with Crippen LogP contribution in [-0.2, 0) is 49.2 Å². The van der Waals surface area contributed by atoms with Gasteiger partial charge in [0.2, 0.25) is 6.29 Å². The van der Waals surface area contributed by atoms with E-state index >= 15 is 0 Å². The number of carbonyl (C=O) groups excluding carboxylic acids is 3. The Labute approximate surface area is 336 Å². The lowest BCUT2D eigenvalue weighted by molar-refractivity contribution is -0.329. The fraction of sp³-hybridized carbons (Fsp3) is 0.651. The second kappa shape index (κ2) is 26.1. The number of methoxy groups -OCH3 is 1. The summed E-state index contributed by atoms with van der Waals surface area (Å²) >= 11 is 0. The maximum Gasteiger partial charge on any atom is 0.337 e. The third kappa shape index (κ3) is 15.7. The Hall–Kier alpha value is -3.95. The minimum atomic E-state index is -1.74. The number of rotatable bonds is 25. The number of ether oxygens (including phenoxy) is 6. The molecule has 7 atom stereocenters. The van der Waals surface area contributed by atoms with E-state index in [0.717, 1.165) is 44.8 Å². The average molecular weight is 805 g/mol. The summed E-state index contributed by atoms with van der Waals surface area (Å²) in [5, 5.41) is 51.4. The molecule has 3 rings (SSSR count). The molecule has 1 fully saturated rings. The van der Waals surface area contributed by atoms with E-state index in [1.807, 2.05) is 0 Å². The maximum atomic E-state index is 13.0. The summed E-state index contributed by atoms with van der Waals surface area (Å²) in [6, 6.07) is 4.25. The third-order valence-corrected chi connectivity index (χ3v) is 10.2. The first kappa shape index (κ1) is 47.4. The van der Waals surface area contributed by atoms with Gasteiger partial charge in [-0.3, -0.25) is 9.59 Å². The predicted molar refractivity (Wildman–Crippen MR) is 209 cm³/mol. The molecule has 14 heteroatoms. The van der Waals surface area contributed by atoms with E-state index in [9.17, 15) is 39.9 Å². The van der Waals surface area contributed by atoms with E-state index in [1.165, 1.54) is 57.8 Å². The van der Waals surface area contributed by atoms with Gasteiger partial charge < -0.3 is 54.0 Å². The van der Waals surface area contributed by atoms with E-state index in [0.29, 0.717) is 12.0 Å². The smallest absolute Gasteiger partial charge is 0.337 e. The standard InChI is InChI=1S/C43H64O14/c1-4-6-7-8-9-10-11-12-13-14-15-16-17-18-19-20-36(47)56-40-35(27-44)55-43(39(50)38(40)49)57-42-30(5-2)31(32(28-54-42)41(51)52-3)26-37(48)53-24-23-29-21-22-33(45)34(46)25-29/h5,12-13,21-22,25,28,31,35,38-40,42-46,49-50H,4,6-11,14-20,23-24,26-27H2,1-3H3/b13-12-,30-5-/t31-,35+,38+,39+,40+,42-,43-/m0/s1. The summed E-state index contributed by atoms with van der Waals surface area (Å²) < 4.78 is 33.2. The highest BCUT2D eigenvalue weighted by molar-refractivity contribution is 5.90. The van der Waals surface area contributed by atoms with Crippen LogP contribution in [0.25, 0.3) is 0 Å². The molecule has 320 valence electrons. The lowest BCUT2D eigenvalue weighted by atomic mass is 9.86. The highest BCUT2D eigenvalue weighted by Crippen LogP contribution is 2.36. The number of benzene rings is 1. The van der Waals surface area contributed by atoms with Gasteiger partial charge in [-0.25, -0.2) is 4.79 Å². The van der Waals surface area contributed by atoms with Crippen LogP contribution in [0.5, 0.6) is 11.5 Å². The summed E-state index contributed by atoms with van der Waals surface area (Å²) in [7, 11) is 1.17. The van der Waals surface area contributed by atoms with Gasteiger partial charge in [0.25, 0.3) is 0 Å². The largest absolute Gasteiger partial charge is 0.504 e. The summed E-state index contributed by atoms with van der Waals surface area (Å²) in [6.07, 6.45) is 12.9. The van der Waals surface area contributed by atoms with Gasteiger partial charge in [-0.05, 0) is 56.7 Å². The molecule has 0 spiro atoms. The molecule has 0 radical (unpaired) electrons. The molecule has 1 aromatic carbocycles. The molecule has 0 bridgehead atoms. The van der Waals surface area contributed by atoms with E-state index in [1.54, 1.807) is 19.1 Å². The van der Waals surface area contributed by atoms with Crippen molar-refractivity contribution in [3.8, 4) is 11.5 Å².